The second-order valence-electron chi connectivity index (χ2n) is 4.84. The Hall–Kier alpha value is -1.89. The zero-order valence-electron chi connectivity index (χ0n) is 10.9. The number of carboxylic acids is 1. The largest absolute Gasteiger partial charge is 0.478 e. The van der Waals surface area contributed by atoms with Gasteiger partial charge in [0.25, 0.3) is 5.91 Å². The summed E-state index contributed by atoms with van der Waals surface area (Å²) in [7, 11) is -3.07. The van der Waals surface area contributed by atoms with Crippen LogP contribution in [-0.4, -0.2) is 54.4 Å². The predicted octanol–water partition coefficient (Wildman–Crippen LogP) is 0.644. The number of carboxylic acid groups (broad SMARTS) is 1. The molecule has 1 aromatic carbocycles. The molecule has 1 saturated heterocycles. The van der Waals surface area contributed by atoms with Gasteiger partial charge >= 0.3 is 5.97 Å². The van der Waals surface area contributed by atoms with Gasteiger partial charge in [0.05, 0.1) is 17.1 Å². The quantitative estimate of drug-likeness (QED) is 0.865. The lowest BCUT2D eigenvalue weighted by molar-refractivity contribution is 0.0688. The van der Waals surface area contributed by atoms with Crippen molar-refractivity contribution in [2.24, 2.45) is 0 Å². The highest BCUT2D eigenvalue weighted by molar-refractivity contribution is 7.91. The lowest BCUT2D eigenvalue weighted by atomic mass is 10.1. The highest BCUT2D eigenvalue weighted by atomic mass is 32.2. The van der Waals surface area contributed by atoms with Gasteiger partial charge in [0.2, 0.25) is 0 Å². The van der Waals surface area contributed by atoms with Gasteiger partial charge in [-0.3, -0.25) is 4.79 Å². The van der Waals surface area contributed by atoms with Gasteiger partial charge in [0, 0.05) is 18.2 Å². The molecule has 0 radical (unpaired) electrons. The fourth-order valence-corrected chi connectivity index (χ4v) is 3.78. The van der Waals surface area contributed by atoms with E-state index in [9.17, 15) is 18.0 Å². The number of carbonyl (C=O) groups is 2. The standard InChI is InChI=1S/C13H15NO5S/c1-9-8-20(18,19)7-6-14(9)12(15)10-2-4-11(5-3-10)13(16)17/h2-5,9H,6-8H2,1H3,(H,16,17). The molecule has 6 nitrogen and oxygen atoms in total. The maximum Gasteiger partial charge on any atom is 0.335 e. The predicted molar refractivity (Wildman–Crippen MR) is 72.6 cm³/mol. The Kier molecular flexibility index (Phi) is 3.80. The van der Waals surface area contributed by atoms with Crippen LogP contribution in [-0.2, 0) is 9.84 Å². The van der Waals surface area contributed by atoms with Crippen LogP contribution in [0.1, 0.15) is 27.6 Å². The SMILES string of the molecule is CC1CS(=O)(=O)CCN1C(=O)c1ccc(C(=O)O)cc1. The van der Waals surface area contributed by atoms with Crippen molar-refractivity contribution in [3.63, 3.8) is 0 Å². The minimum absolute atomic E-state index is 0.0315. The molecule has 1 aromatic rings. The van der Waals surface area contributed by atoms with Crippen molar-refractivity contribution in [3.05, 3.63) is 35.4 Å². The fraction of sp³-hybridized carbons (Fsp3) is 0.385. The highest BCUT2D eigenvalue weighted by Gasteiger charge is 2.31. The molecule has 0 saturated carbocycles. The minimum Gasteiger partial charge on any atom is -0.478 e. The average molecular weight is 297 g/mol. The Bertz CT molecular complexity index is 635. The molecule has 1 fully saturated rings. The second kappa shape index (κ2) is 5.24. The third-order valence-electron chi connectivity index (χ3n) is 3.31. The van der Waals surface area contributed by atoms with Gasteiger partial charge in [-0.05, 0) is 31.2 Å². The Morgan fingerprint density at radius 2 is 1.75 bits per heavy atom. The molecule has 1 aliphatic rings. The summed E-state index contributed by atoms with van der Waals surface area (Å²) < 4.78 is 23.0. The van der Waals surface area contributed by atoms with Crippen LogP contribution in [0.3, 0.4) is 0 Å². The van der Waals surface area contributed by atoms with E-state index >= 15 is 0 Å². The van der Waals surface area contributed by atoms with Crippen molar-refractivity contribution in [2.75, 3.05) is 18.1 Å². The third-order valence-corrected chi connectivity index (χ3v) is 5.10. The number of carbonyl (C=O) groups excluding carboxylic acids is 1. The summed E-state index contributed by atoms with van der Waals surface area (Å²) >= 11 is 0. The summed E-state index contributed by atoms with van der Waals surface area (Å²) in [5.74, 6) is -1.40. The molecule has 1 atom stereocenters. The Morgan fingerprint density at radius 1 is 1.20 bits per heavy atom. The molecule has 1 amide bonds. The number of hydrogen-bond acceptors (Lipinski definition) is 4. The molecule has 1 aliphatic heterocycles. The van der Waals surface area contributed by atoms with Crippen molar-refractivity contribution < 1.29 is 23.1 Å². The van der Waals surface area contributed by atoms with Crippen LogP contribution in [0, 0.1) is 0 Å². The Labute approximate surface area is 116 Å². The van der Waals surface area contributed by atoms with Crippen LogP contribution in [0.5, 0.6) is 0 Å². The minimum atomic E-state index is -3.07. The van der Waals surface area contributed by atoms with Crippen LogP contribution < -0.4 is 0 Å². The number of amides is 1. The van der Waals surface area contributed by atoms with Gasteiger partial charge < -0.3 is 10.0 Å². The molecular weight excluding hydrogens is 282 g/mol. The van der Waals surface area contributed by atoms with E-state index in [0.717, 1.165) is 0 Å². The summed E-state index contributed by atoms with van der Waals surface area (Å²) in [5.41, 5.74) is 0.469. The first-order valence-corrected chi connectivity index (χ1v) is 7.97. The zero-order valence-corrected chi connectivity index (χ0v) is 11.8. The zero-order chi connectivity index (χ0) is 14.9. The summed E-state index contributed by atoms with van der Waals surface area (Å²) in [6.45, 7) is 1.86. The molecule has 1 unspecified atom stereocenters. The van der Waals surface area contributed by atoms with E-state index < -0.39 is 15.8 Å². The van der Waals surface area contributed by atoms with E-state index in [1.165, 1.54) is 29.2 Å². The first-order chi connectivity index (χ1) is 9.30. The molecule has 0 aliphatic carbocycles. The molecule has 2 rings (SSSR count). The normalized spacial score (nSPS) is 21.4. The van der Waals surface area contributed by atoms with E-state index in [2.05, 4.69) is 0 Å². The van der Waals surface area contributed by atoms with Crippen LogP contribution in [0.2, 0.25) is 0 Å². The monoisotopic (exact) mass is 297 g/mol. The van der Waals surface area contributed by atoms with Gasteiger partial charge in [-0.25, -0.2) is 13.2 Å². The van der Waals surface area contributed by atoms with E-state index in [4.69, 9.17) is 5.11 Å². The van der Waals surface area contributed by atoms with Crippen LogP contribution in [0.4, 0.5) is 0 Å². The van der Waals surface area contributed by atoms with E-state index in [1.54, 1.807) is 6.92 Å². The molecule has 20 heavy (non-hydrogen) atoms. The second-order valence-corrected chi connectivity index (χ2v) is 7.07. The number of nitrogens with zero attached hydrogens (tertiary/aromatic N) is 1. The van der Waals surface area contributed by atoms with Gasteiger partial charge in [-0.2, -0.15) is 0 Å². The molecule has 1 N–H and O–H groups in total. The van der Waals surface area contributed by atoms with Crippen LogP contribution >= 0.6 is 0 Å². The number of hydrogen-bond donors (Lipinski definition) is 1. The average Bonchev–Trinajstić information content (AvgIpc) is 2.37. The van der Waals surface area contributed by atoms with Crippen molar-refractivity contribution in [3.8, 4) is 0 Å². The van der Waals surface area contributed by atoms with Gasteiger partial charge in [0.15, 0.2) is 9.84 Å². The molecular formula is C13H15NO5S. The number of aromatic carboxylic acids is 1. The maximum atomic E-state index is 12.3. The van der Waals surface area contributed by atoms with E-state index in [0.29, 0.717) is 5.56 Å². The number of benzene rings is 1. The van der Waals surface area contributed by atoms with Gasteiger partial charge in [-0.1, -0.05) is 0 Å². The number of rotatable bonds is 2. The summed E-state index contributed by atoms with van der Waals surface area (Å²) in [4.78, 5) is 24.5. The van der Waals surface area contributed by atoms with Gasteiger partial charge in [-0.15, -0.1) is 0 Å². The lowest BCUT2D eigenvalue weighted by Gasteiger charge is -2.33. The summed E-state index contributed by atoms with van der Waals surface area (Å²) in [6.07, 6.45) is 0. The lowest BCUT2D eigenvalue weighted by Crippen LogP contribution is -2.49. The third kappa shape index (κ3) is 2.98. The van der Waals surface area contributed by atoms with Crippen molar-refractivity contribution in [2.45, 2.75) is 13.0 Å². The molecule has 108 valence electrons. The maximum absolute atomic E-state index is 12.3. The molecule has 7 heteroatoms. The van der Waals surface area contributed by atoms with Crippen molar-refractivity contribution in [1.82, 2.24) is 4.90 Å². The molecule has 0 spiro atoms. The topological polar surface area (TPSA) is 91.8 Å². The summed E-state index contributed by atoms with van der Waals surface area (Å²) in [5, 5.41) is 8.80. The number of sulfone groups is 1. The van der Waals surface area contributed by atoms with E-state index in [1.807, 2.05) is 0 Å². The Morgan fingerprint density at radius 3 is 2.25 bits per heavy atom. The van der Waals surface area contributed by atoms with Crippen molar-refractivity contribution in [1.29, 1.82) is 0 Å². The molecule has 1 heterocycles. The molecule has 0 bridgehead atoms. The smallest absolute Gasteiger partial charge is 0.335 e. The first kappa shape index (κ1) is 14.5. The Balaban J connectivity index is 2.17. The molecule has 0 aromatic heterocycles. The van der Waals surface area contributed by atoms with Crippen LogP contribution in [0.25, 0.3) is 0 Å². The fourth-order valence-electron chi connectivity index (χ4n) is 2.22. The highest BCUT2D eigenvalue weighted by Crippen LogP contribution is 2.16. The van der Waals surface area contributed by atoms with E-state index in [-0.39, 0.29) is 35.6 Å². The van der Waals surface area contributed by atoms with Crippen molar-refractivity contribution >= 4 is 21.7 Å². The van der Waals surface area contributed by atoms with Crippen LogP contribution in [0.15, 0.2) is 24.3 Å². The summed E-state index contributed by atoms with van der Waals surface area (Å²) in [6, 6.07) is 5.24. The van der Waals surface area contributed by atoms with Gasteiger partial charge in [0.1, 0.15) is 0 Å². The first-order valence-electron chi connectivity index (χ1n) is 6.15.